The zero-order valence-electron chi connectivity index (χ0n) is 16.6. The highest BCUT2D eigenvalue weighted by atomic mass is 35.5. The lowest BCUT2D eigenvalue weighted by Gasteiger charge is -2.33. The van der Waals surface area contributed by atoms with Gasteiger partial charge in [-0.1, -0.05) is 41.0 Å². The standard InChI is InChI=1S/C20H18ClF3N4O3S/c21-16-6-1-2-7-17(16)32(29,30)28-10-8-27(9-11-28)13-18-25-19(26-31-18)14-4-3-5-15(12-14)20(22,23)24/h1-7,12H,8-11,13H2. The van der Waals surface area contributed by atoms with Gasteiger partial charge in [-0.3, -0.25) is 4.90 Å². The van der Waals surface area contributed by atoms with Crippen molar-refractivity contribution < 1.29 is 26.1 Å². The molecule has 1 aromatic heterocycles. The van der Waals surface area contributed by atoms with Gasteiger partial charge in [0.05, 0.1) is 17.1 Å². The van der Waals surface area contributed by atoms with Crippen LogP contribution in [0.3, 0.4) is 0 Å². The topological polar surface area (TPSA) is 79.5 Å². The van der Waals surface area contributed by atoms with Gasteiger partial charge >= 0.3 is 6.18 Å². The molecule has 4 rings (SSSR count). The second-order valence-electron chi connectivity index (χ2n) is 7.20. The number of aromatic nitrogens is 2. The molecule has 0 aliphatic carbocycles. The highest BCUT2D eigenvalue weighted by Crippen LogP contribution is 2.31. The number of hydrogen-bond donors (Lipinski definition) is 0. The van der Waals surface area contributed by atoms with Crippen molar-refractivity contribution in [1.29, 1.82) is 0 Å². The second kappa shape index (κ2) is 8.81. The van der Waals surface area contributed by atoms with Crippen LogP contribution in [0.2, 0.25) is 5.02 Å². The molecule has 2 heterocycles. The summed E-state index contributed by atoms with van der Waals surface area (Å²) < 4.78 is 71.0. The Bertz CT molecular complexity index is 1210. The molecule has 0 amide bonds. The van der Waals surface area contributed by atoms with E-state index in [1.807, 2.05) is 4.90 Å². The number of halogens is 4. The molecule has 0 radical (unpaired) electrons. The third-order valence-corrected chi connectivity index (χ3v) is 7.46. The Morgan fingerprint density at radius 1 is 1.03 bits per heavy atom. The van der Waals surface area contributed by atoms with Crippen LogP contribution in [0, 0.1) is 0 Å². The summed E-state index contributed by atoms with van der Waals surface area (Å²) in [5, 5.41) is 3.95. The van der Waals surface area contributed by atoms with Gasteiger partial charge in [-0.15, -0.1) is 0 Å². The molecule has 0 unspecified atom stereocenters. The lowest BCUT2D eigenvalue weighted by Crippen LogP contribution is -2.48. The number of alkyl halides is 3. The average molecular weight is 487 g/mol. The molecule has 0 spiro atoms. The summed E-state index contributed by atoms with van der Waals surface area (Å²) in [4.78, 5) is 6.19. The number of sulfonamides is 1. The molecule has 0 saturated carbocycles. The summed E-state index contributed by atoms with van der Waals surface area (Å²) in [5.41, 5.74) is -0.595. The fourth-order valence-corrected chi connectivity index (χ4v) is 5.30. The highest BCUT2D eigenvalue weighted by Gasteiger charge is 2.32. The van der Waals surface area contributed by atoms with Gasteiger partial charge in [0.2, 0.25) is 21.7 Å². The van der Waals surface area contributed by atoms with Gasteiger partial charge in [-0.2, -0.15) is 22.5 Å². The lowest BCUT2D eigenvalue weighted by atomic mass is 10.1. The quantitative estimate of drug-likeness (QED) is 0.544. The largest absolute Gasteiger partial charge is 0.416 e. The van der Waals surface area contributed by atoms with Crippen molar-refractivity contribution >= 4 is 21.6 Å². The minimum atomic E-state index is -4.47. The zero-order valence-corrected chi connectivity index (χ0v) is 18.2. The van der Waals surface area contributed by atoms with E-state index in [0.717, 1.165) is 12.1 Å². The van der Waals surface area contributed by atoms with Crippen molar-refractivity contribution in [2.45, 2.75) is 17.6 Å². The van der Waals surface area contributed by atoms with E-state index in [0.29, 0.717) is 13.1 Å². The number of piperazine rings is 1. The number of benzene rings is 2. The Kier molecular flexibility index (Phi) is 6.26. The predicted octanol–water partition coefficient (Wildman–Crippen LogP) is 3.92. The van der Waals surface area contributed by atoms with Crippen molar-refractivity contribution in [2.75, 3.05) is 26.2 Å². The summed E-state index contributed by atoms with van der Waals surface area (Å²) in [6, 6.07) is 11.0. The first kappa shape index (κ1) is 22.7. The first-order valence-corrected chi connectivity index (χ1v) is 11.4. The lowest BCUT2D eigenvalue weighted by molar-refractivity contribution is -0.137. The van der Waals surface area contributed by atoms with E-state index in [-0.39, 0.29) is 46.8 Å². The molecular formula is C20H18ClF3N4O3S. The Hall–Kier alpha value is -2.47. The number of hydrogen-bond acceptors (Lipinski definition) is 6. The van der Waals surface area contributed by atoms with Crippen molar-refractivity contribution in [2.24, 2.45) is 0 Å². The van der Waals surface area contributed by atoms with E-state index in [9.17, 15) is 21.6 Å². The number of nitrogens with zero attached hydrogens (tertiary/aromatic N) is 4. The zero-order chi connectivity index (χ0) is 22.9. The van der Waals surface area contributed by atoms with Crippen LogP contribution in [0.15, 0.2) is 57.9 Å². The van der Waals surface area contributed by atoms with Crippen molar-refractivity contribution in [1.82, 2.24) is 19.3 Å². The summed E-state index contributed by atoms with van der Waals surface area (Å²) in [6.07, 6.45) is -4.47. The van der Waals surface area contributed by atoms with Crippen LogP contribution >= 0.6 is 11.6 Å². The van der Waals surface area contributed by atoms with Gasteiger partial charge < -0.3 is 4.52 Å². The van der Waals surface area contributed by atoms with Crippen LogP contribution in [0.1, 0.15) is 11.5 Å². The third-order valence-electron chi connectivity index (χ3n) is 5.06. The van der Waals surface area contributed by atoms with Gasteiger partial charge in [-0.25, -0.2) is 8.42 Å². The molecule has 2 aromatic carbocycles. The van der Waals surface area contributed by atoms with Crippen LogP contribution in [-0.4, -0.2) is 53.9 Å². The van der Waals surface area contributed by atoms with Crippen molar-refractivity contribution in [3.05, 3.63) is 65.0 Å². The predicted molar refractivity (Wildman–Crippen MR) is 110 cm³/mol. The summed E-state index contributed by atoms with van der Waals surface area (Å²) in [6.45, 7) is 1.60. The fraction of sp³-hybridized carbons (Fsp3) is 0.300. The Morgan fingerprint density at radius 3 is 2.44 bits per heavy atom. The SMILES string of the molecule is O=S(=O)(c1ccccc1Cl)N1CCN(Cc2nc(-c3cccc(C(F)(F)F)c3)no2)CC1. The summed E-state index contributed by atoms with van der Waals surface area (Å²) in [5.74, 6) is 0.297. The first-order chi connectivity index (χ1) is 15.1. The molecule has 1 aliphatic heterocycles. The van der Waals surface area contributed by atoms with E-state index < -0.39 is 21.8 Å². The summed E-state index contributed by atoms with van der Waals surface area (Å²) >= 11 is 6.05. The van der Waals surface area contributed by atoms with Gasteiger partial charge in [0.25, 0.3) is 0 Å². The van der Waals surface area contributed by atoms with Gasteiger partial charge in [0.1, 0.15) is 4.90 Å². The molecule has 3 aromatic rings. The van der Waals surface area contributed by atoms with Gasteiger partial charge in [0.15, 0.2) is 0 Å². The van der Waals surface area contributed by atoms with Crippen LogP contribution in [0.4, 0.5) is 13.2 Å². The normalized spacial score (nSPS) is 16.4. The Labute approximate surface area is 187 Å². The van der Waals surface area contributed by atoms with E-state index in [1.165, 1.54) is 28.6 Å². The molecular weight excluding hydrogens is 469 g/mol. The van der Waals surface area contributed by atoms with E-state index in [2.05, 4.69) is 10.1 Å². The smallest absolute Gasteiger partial charge is 0.338 e. The van der Waals surface area contributed by atoms with E-state index >= 15 is 0 Å². The molecule has 0 bridgehead atoms. The Balaban J connectivity index is 1.40. The average Bonchev–Trinajstić information content (AvgIpc) is 3.22. The number of rotatable bonds is 5. The first-order valence-electron chi connectivity index (χ1n) is 9.62. The molecule has 0 N–H and O–H groups in total. The van der Waals surface area contributed by atoms with E-state index in [1.54, 1.807) is 12.1 Å². The van der Waals surface area contributed by atoms with Crippen molar-refractivity contribution in [3.8, 4) is 11.4 Å². The molecule has 7 nitrogen and oxygen atoms in total. The van der Waals surface area contributed by atoms with Gasteiger partial charge in [0, 0.05) is 31.7 Å². The summed E-state index contributed by atoms with van der Waals surface area (Å²) in [7, 11) is -3.71. The van der Waals surface area contributed by atoms with Crippen LogP contribution in [0.5, 0.6) is 0 Å². The van der Waals surface area contributed by atoms with Crippen LogP contribution in [-0.2, 0) is 22.7 Å². The molecule has 32 heavy (non-hydrogen) atoms. The van der Waals surface area contributed by atoms with Crippen LogP contribution in [0.25, 0.3) is 11.4 Å². The monoisotopic (exact) mass is 486 g/mol. The Morgan fingerprint density at radius 2 is 1.75 bits per heavy atom. The highest BCUT2D eigenvalue weighted by molar-refractivity contribution is 7.89. The fourth-order valence-electron chi connectivity index (χ4n) is 3.38. The minimum absolute atomic E-state index is 0.0611. The maximum absolute atomic E-state index is 12.9. The van der Waals surface area contributed by atoms with E-state index in [4.69, 9.17) is 16.1 Å². The minimum Gasteiger partial charge on any atom is -0.338 e. The second-order valence-corrected chi connectivity index (χ2v) is 9.51. The molecule has 170 valence electrons. The molecule has 1 saturated heterocycles. The maximum atomic E-state index is 12.9. The maximum Gasteiger partial charge on any atom is 0.416 e. The van der Waals surface area contributed by atoms with Gasteiger partial charge in [-0.05, 0) is 24.3 Å². The molecule has 12 heteroatoms. The van der Waals surface area contributed by atoms with Crippen molar-refractivity contribution in [3.63, 3.8) is 0 Å². The van der Waals surface area contributed by atoms with Crippen LogP contribution < -0.4 is 0 Å². The molecule has 1 aliphatic rings. The molecule has 0 atom stereocenters. The third kappa shape index (κ3) is 4.80. The molecule has 1 fully saturated rings.